The Morgan fingerprint density at radius 3 is 2.80 bits per heavy atom. The molecule has 0 aromatic rings. The summed E-state index contributed by atoms with van der Waals surface area (Å²) in [5.74, 6) is 1.12. The lowest BCUT2D eigenvalue weighted by molar-refractivity contribution is -0.145. The normalized spacial score (nSPS) is 20.9. The monoisotopic (exact) mass is 280 g/mol. The quantitative estimate of drug-likeness (QED) is 0.516. The van der Waals surface area contributed by atoms with Gasteiger partial charge in [0.1, 0.15) is 11.8 Å². The molecule has 1 amide bonds. The lowest BCUT2D eigenvalue weighted by Gasteiger charge is -2.20. The second-order valence-electron chi connectivity index (χ2n) is 4.89. The van der Waals surface area contributed by atoms with Gasteiger partial charge in [0.05, 0.1) is 13.2 Å². The van der Waals surface area contributed by atoms with Crippen LogP contribution in [0.4, 0.5) is 0 Å². The minimum absolute atomic E-state index is 0.0854. The molecule has 0 saturated heterocycles. The second-order valence-corrected chi connectivity index (χ2v) is 4.89. The Labute approximate surface area is 118 Å². The first-order valence-electron chi connectivity index (χ1n) is 6.59. The van der Waals surface area contributed by atoms with Gasteiger partial charge in [0.15, 0.2) is 0 Å². The van der Waals surface area contributed by atoms with Crippen molar-refractivity contribution in [1.82, 2.24) is 5.32 Å². The van der Waals surface area contributed by atoms with Crippen LogP contribution in [0.3, 0.4) is 0 Å². The van der Waals surface area contributed by atoms with E-state index in [2.05, 4.69) is 16.0 Å². The number of carbonyl (C=O) groups is 3. The topological polar surface area (TPSA) is 98.5 Å². The van der Waals surface area contributed by atoms with E-state index in [9.17, 15) is 14.4 Å². The van der Waals surface area contributed by atoms with Gasteiger partial charge < -0.3 is 15.8 Å². The van der Waals surface area contributed by atoms with Gasteiger partial charge in [0, 0.05) is 18.8 Å². The number of hydrogen-bond donors (Lipinski definition) is 2. The molecule has 6 heteroatoms. The van der Waals surface area contributed by atoms with E-state index >= 15 is 0 Å². The van der Waals surface area contributed by atoms with Crippen molar-refractivity contribution in [3.05, 3.63) is 0 Å². The van der Waals surface area contributed by atoms with Crippen LogP contribution in [0.15, 0.2) is 0 Å². The van der Waals surface area contributed by atoms with Crippen molar-refractivity contribution in [2.75, 3.05) is 7.11 Å². The highest BCUT2D eigenvalue weighted by Crippen LogP contribution is 2.25. The molecule has 1 aliphatic rings. The number of ketones is 1. The van der Waals surface area contributed by atoms with Crippen LogP contribution >= 0.6 is 0 Å². The molecule has 6 nitrogen and oxygen atoms in total. The Morgan fingerprint density at radius 2 is 2.30 bits per heavy atom. The fourth-order valence-corrected chi connectivity index (χ4v) is 2.28. The molecule has 3 N–H and O–H groups in total. The maximum Gasteiger partial charge on any atom is 0.328 e. The molecule has 20 heavy (non-hydrogen) atoms. The molecule has 0 radical (unpaired) electrons. The molecular formula is C14H20N2O4. The summed E-state index contributed by atoms with van der Waals surface area (Å²) in [6.45, 7) is 0. The average molecular weight is 280 g/mol. The van der Waals surface area contributed by atoms with Crippen molar-refractivity contribution >= 4 is 17.7 Å². The molecule has 0 aliphatic heterocycles. The molecule has 0 unspecified atom stereocenters. The fourth-order valence-electron chi connectivity index (χ4n) is 2.28. The van der Waals surface area contributed by atoms with Gasteiger partial charge >= 0.3 is 5.97 Å². The molecule has 1 rings (SSSR count). The van der Waals surface area contributed by atoms with Crippen LogP contribution in [0, 0.1) is 18.3 Å². The van der Waals surface area contributed by atoms with E-state index in [0.29, 0.717) is 6.42 Å². The highest BCUT2D eigenvalue weighted by molar-refractivity contribution is 5.88. The van der Waals surface area contributed by atoms with Crippen LogP contribution in [0.25, 0.3) is 0 Å². The lowest BCUT2D eigenvalue weighted by Crippen LogP contribution is -2.49. The number of terminal acetylenes is 1. The van der Waals surface area contributed by atoms with Gasteiger partial charge in [-0.2, -0.15) is 0 Å². The molecule has 1 saturated carbocycles. The van der Waals surface area contributed by atoms with Crippen LogP contribution in [0.1, 0.15) is 32.1 Å². The minimum atomic E-state index is -0.869. The Kier molecular flexibility index (Phi) is 6.19. The van der Waals surface area contributed by atoms with Gasteiger partial charge in [-0.25, -0.2) is 4.79 Å². The first-order valence-corrected chi connectivity index (χ1v) is 6.59. The van der Waals surface area contributed by atoms with E-state index in [1.165, 1.54) is 7.11 Å². The van der Waals surface area contributed by atoms with Crippen LogP contribution < -0.4 is 11.1 Å². The summed E-state index contributed by atoms with van der Waals surface area (Å²) >= 11 is 0. The number of amides is 1. The van der Waals surface area contributed by atoms with Crippen LogP contribution in [0.2, 0.25) is 0 Å². The molecule has 1 fully saturated rings. The summed E-state index contributed by atoms with van der Waals surface area (Å²) in [7, 11) is 1.24. The number of nitrogens with one attached hydrogen (secondary N) is 1. The summed E-state index contributed by atoms with van der Waals surface area (Å²) in [4.78, 5) is 35.1. The minimum Gasteiger partial charge on any atom is -0.467 e. The molecule has 110 valence electrons. The fraction of sp³-hybridized carbons (Fsp3) is 0.643. The molecular weight excluding hydrogens is 260 g/mol. The average Bonchev–Trinajstić information content (AvgIpc) is 2.82. The van der Waals surface area contributed by atoms with Gasteiger partial charge in [-0.1, -0.05) is 0 Å². The third-order valence-electron chi connectivity index (χ3n) is 3.43. The number of methoxy groups -OCH3 is 1. The van der Waals surface area contributed by atoms with Crippen molar-refractivity contribution in [2.24, 2.45) is 11.7 Å². The molecule has 0 heterocycles. The van der Waals surface area contributed by atoms with E-state index in [1.54, 1.807) is 0 Å². The van der Waals surface area contributed by atoms with Gasteiger partial charge in [-0.15, -0.1) is 12.3 Å². The van der Waals surface area contributed by atoms with Crippen molar-refractivity contribution in [3.8, 4) is 12.3 Å². The smallest absolute Gasteiger partial charge is 0.328 e. The van der Waals surface area contributed by atoms with Crippen molar-refractivity contribution in [3.63, 3.8) is 0 Å². The number of Topliss-reactive ketones (excluding diaryl/α,β-unsaturated/α-hetero) is 1. The zero-order chi connectivity index (χ0) is 15.1. The first-order chi connectivity index (χ1) is 9.49. The number of ether oxygens (including phenoxy) is 1. The molecule has 0 bridgehead atoms. The number of nitrogens with two attached hydrogens (primary N) is 1. The highest BCUT2D eigenvalue weighted by atomic mass is 16.5. The number of hydrogen-bond acceptors (Lipinski definition) is 5. The zero-order valence-electron chi connectivity index (χ0n) is 11.6. The summed E-state index contributed by atoms with van der Waals surface area (Å²) in [6.07, 6.45) is 7.51. The van der Waals surface area contributed by atoms with Crippen molar-refractivity contribution in [1.29, 1.82) is 0 Å². The predicted molar refractivity (Wildman–Crippen MR) is 72.3 cm³/mol. The number of esters is 1. The number of carbonyl (C=O) groups excluding carboxylic acids is 3. The van der Waals surface area contributed by atoms with Crippen LogP contribution in [-0.2, 0) is 19.1 Å². The van der Waals surface area contributed by atoms with E-state index in [1.807, 2.05) is 0 Å². The third-order valence-corrected chi connectivity index (χ3v) is 3.43. The summed E-state index contributed by atoms with van der Waals surface area (Å²) in [5.41, 5.74) is 5.58. The van der Waals surface area contributed by atoms with Gasteiger partial charge in [-0.3, -0.25) is 9.59 Å². The van der Waals surface area contributed by atoms with Crippen molar-refractivity contribution < 1.29 is 19.1 Å². The first kappa shape index (κ1) is 16.2. The van der Waals surface area contributed by atoms with Crippen LogP contribution in [0.5, 0.6) is 0 Å². The van der Waals surface area contributed by atoms with Gasteiger partial charge in [-0.05, 0) is 19.3 Å². The van der Waals surface area contributed by atoms with E-state index in [0.717, 1.165) is 12.8 Å². The molecule has 0 aromatic carbocycles. The molecule has 0 aromatic heterocycles. The Bertz CT molecular complexity index is 427. The Balaban J connectivity index is 2.65. The Hall–Kier alpha value is -1.87. The maximum absolute atomic E-state index is 11.8. The molecule has 0 spiro atoms. The zero-order valence-corrected chi connectivity index (χ0v) is 11.6. The van der Waals surface area contributed by atoms with Crippen molar-refractivity contribution in [2.45, 2.75) is 44.2 Å². The summed E-state index contributed by atoms with van der Waals surface area (Å²) < 4.78 is 4.65. The third kappa shape index (κ3) is 4.35. The second kappa shape index (κ2) is 7.65. The largest absolute Gasteiger partial charge is 0.467 e. The van der Waals surface area contributed by atoms with E-state index in [-0.39, 0.29) is 24.5 Å². The maximum atomic E-state index is 11.8. The lowest BCUT2D eigenvalue weighted by atomic mass is 9.97. The molecule has 1 aliphatic carbocycles. The SMILES string of the molecule is C#CC[C@H](N)C(=O)N[C@@H](C[C@@H]1CCCC1=O)C(=O)OC. The van der Waals surface area contributed by atoms with Gasteiger partial charge in [0.25, 0.3) is 0 Å². The molecule has 3 atom stereocenters. The standard InChI is InChI=1S/C14H20N2O4/c1-3-5-10(15)13(18)16-11(14(19)20-2)8-9-6-4-7-12(9)17/h1,9-11H,4-8,15H2,2H3,(H,16,18)/t9-,10-,11-/m0/s1. The highest BCUT2D eigenvalue weighted by Gasteiger charge is 2.32. The van der Waals surface area contributed by atoms with E-state index in [4.69, 9.17) is 12.2 Å². The van der Waals surface area contributed by atoms with E-state index < -0.39 is 24.0 Å². The van der Waals surface area contributed by atoms with Crippen LogP contribution in [-0.4, -0.2) is 36.9 Å². The number of rotatable bonds is 6. The summed E-state index contributed by atoms with van der Waals surface area (Å²) in [5, 5.41) is 2.51. The summed E-state index contributed by atoms with van der Waals surface area (Å²) in [6, 6.07) is -1.73. The Morgan fingerprint density at radius 1 is 1.60 bits per heavy atom. The van der Waals surface area contributed by atoms with Gasteiger partial charge in [0.2, 0.25) is 5.91 Å². The predicted octanol–water partition coefficient (Wildman–Crippen LogP) is -0.246.